The molecule has 41 heavy (non-hydrogen) atoms. The number of ketones is 2. The molecule has 0 aliphatic heterocycles. The van der Waals surface area contributed by atoms with Crippen molar-refractivity contribution in [3.63, 3.8) is 0 Å². The van der Waals surface area contributed by atoms with Gasteiger partial charge in [-0.3, -0.25) is 19.4 Å². The van der Waals surface area contributed by atoms with Crippen molar-refractivity contribution in [2.75, 3.05) is 0 Å². The maximum absolute atomic E-state index is 13.9. The van der Waals surface area contributed by atoms with Crippen molar-refractivity contribution in [3.05, 3.63) is 64.9 Å². The number of benzene rings is 2. The molecule has 0 radical (unpaired) electrons. The lowest BCUT2D eigenvalue weighted by molar-refractivity contribution is -0.174. The molecule has 6 N–H and O–H groups in total. The number of para-hydroxylation sites is 1. The Balaban J connectivity index is 1.58. The number of aliphatic hydroxyl groups is 3. The van der Waals surface area contributed by atoms with Crippen LogP contribution in [0.2, 0.25) is 0 Å². The van der Waals surface area contributed by atoms with Crippen LogP contribution in [0.3, 0.4) is 0 Å². The number of pyridine rings is 1. The van der Waals surface area contributed by atoms with Crippen LogP contribution < -0.4 is 5.73 Å². The molecule has 212 valence electrons. The van der Waals surface area contributed by atoms with E-state index in [0.717, 1.165) is 22.0 Å². The molecule has 2 fully saturated rings. The molecular formula is C32H32N2O7. The van der Waals surface area contributed by atoms with Crippen LogP contribution in [0, 0.1) is 17.8 Å². The summed E-state index contributed by atoms with van der Waals surface area (Å²) in [5, 5.41) is 46.2. The average molecular weight is 557 g/mol. The van der Waals surface area contributed by atoms with E-state index in [4.69, 9.17) is 5.73 Å². The molecule has 2 saturated carbocycles. The van der Waals surface area contributed by atoms with Crippen molar-refractivity contribution in [2.45, 2.75) is 57.2 Å². The maximum Gasteiger partial charge on any atom is 0.230 e. The number of rotatable bonds is 2. The highest BCUT2D eigenvalue weighted by Gasteiger charge is 2.64. The van der Waals surface area contributed by atoms with Crippen molar-refractivity contribution in [1.29, 1.82) is 0 Å². The second-order valence-electron chi connectivity index (χ2n) is 12.6. The maximum atomic E-state index is 13.9. The lowest BCUT2D eigenvalue weighted by atomic mass is 9.56. The number of fused-ring (bicyclic) bond motifs is 4. The van der Waals surface area contributed by atoms with Crippen LogP contribution in [0.15, 0.2) is 48.2 Å². The number of Topliss-reactive ketones (excluding diaryl/α,β-unsaturated/α-hetero) is 2. The van der Waals surface area contributed by atoms with E-state index >= 15 is 0 Å². The summed E-state index contributed by atoms with van der Waals surface area (Å²) in [4.78, 5) is 43.7. The molecule has 0 bridgehead atoms. The van der Waals surface area contributed by atoms with Gasteiger partial charge in [0.2, 0.25) is 11.7 Å². The molecular weight excluding hydrogens is 524 g/mol. The zero-order chi connectivity index (χ0) is 29.6. The minimum Gasteiger partial charge on any atom is -0.507 e. The zero-order valence-electron chi connectivity index (χ0n) is 23.0. The fourth-order valence-corrected chi connectivity index (χ4v) is 7.04. The molecule has 3 aromatic rings. The van der Waals surface area contributed by atoms with Crippen LogP contribution in [0.1, 0.15) is 50.3 Å². The van der Waals surface area contributed by atoms with Crippen LogP contribution in [0.4, 0.5) is 0 Å². The minimum absolute atomic E-state index is 0.0805. The number of carbonyl (C=O) groups excluding carboxylic acids is 3. The van der Waals surface area contributed by atoms with Gasteiger partial charge < -0.3 is 26.2 Å². The summed E-state index contributed by atoms with van der Waals surface area (Å²) in [6, 6.07) is 11.6. The summed E-state index contributed by atoms with van der Waals surface area (Å²) in [5.74, 6) is -7.28. The number of carbonyl (C=O) groups is 3. The van der Waals surface area contributed by atoms with Gasteiger partial charge in [-0.2, -0.15) is 0 Å². The van der Waals surface area contributed by atoms with Gasteiger partial charge in [0.25, 0.3) is 0 Å². The molecule has 5 atom stereocenters. The highest BCUT2D eigenvalue weighted by Crippen LogP contribution is 2.54. The summed E-state index contributed by atoms with van der Waals surface area (Å²) in [6.45, 7) is 5.76. The molecule has 2 aromatic carbocycles. The Morgan fingerprint density at radius 1 is 1.10 bits per heavy atom. The average Bonchev–Trinajstić information content (AvgIpc) is 2.89. The molecule has 9 nitrogen and oxygen atoms in total. The SMILES string of the molecule is CC(C)(C)c1cc(-c2cnc3ccccc3c2)c2c(c1O)C(O)=C1C(=O)[C@]3(O)C(=O)C(C(N)=O)C(O)C[C@@H]3C[C@@H]1C2. The molecule has 1 amide bonds. The van der Waals surface area contributed by atoms with Gasteiger partial charge in [0.15, 0.2) is 11.4 Å². The molecule has 2 unspecified atom stereocenters. The number of nitrogens with zero attached hydrogens (tertiary/aromatic N) is 1. The largest absolute Gasteiger partial charge is 0.507 e. The first-order valence-electron chi connectivity index (χ1n) is 13.7. The Morgan fingerprint density at radius 2 is 1.80 bits per heavy atom. The molecule has 6 rings (SSSR count). The van der Waals surface area contributed by atoms with Crippen molar-refractivity contribution in [2.24, 2.45) is 23.5 Å². The van der Waals surface area contributed by atoms with Crippen molar-refractivity contribution in [1.82, 2.24) is 4.98 Å². The fourth-order valence-electron chi connectivity index (χ4n) is 7.04. The third kappa shape index (κ3) is 3.83. The number of phenols is 1. The Morgan fingerprint density at radius 3 is 2.49 bits per heavy atom. The summed E-state index contributed by atoms with van der Waals surface area (Å²) in [6.07, 6.45) is 0.478. The summed E-state index contributed by atoms with van der Waals surface area (Å²) >= 11 is 0. The van der Waals surface area contributed by atoms with Crippen molar-refractivity contribution < 1.29 is 34.8 Å². The number of aromatic nitrogens is 1. The fraction of sp³-hybridized carbons (Fsp3) is 0.375. The van der Waals surface area contributed by atoms with Crippen LogP contribution in [-0.4, -0.2) is 54.6 Å². The number of amides is 1. The zero-order valence-corrected chi connectivity index (χ0v) is 23.0. The Bertz CT molecular complexity index is 1700. The van der Waals surface area contributed by atoms with E-state index in [1.807, 2.05) is 57.2 Å². The van der Waals surface area contributed by atoms with E-state index in [9.17, 15) is 34.8 Å². The van der Waals surface area contributed by atoms with Gasteiger partial charge in [0.05, 0.1) is 17.2 Å². The van der Waals surface area contributed by atoms with E-state index in [-0.39, 0.29) is 36.1 Å². The van der Waals surface area contributed by atoms with E-state index in [0.29, 0.717) is 11.1 Å². The second kappa shape index (κ2) is 8.96. The van der Waals surface area contributed by atoms with Crippen LogP contribution in [0.5, 0.6) is 5.75 Å². The van der Waals surface area contributed by atoms with Crippen LogP contribution in [-0.2, 0) is 26.2 Å². The Kier molecular flexibility index (Phi) is 5.92. The minimum atomic E-state index is -2.61. The molecule has 0 saturated heterocycles. The van der Waals surface area contributed by atoms with Gasteiger partial charge in [0.1, 0.15) is 17.4 Å². The predicted octanol–water partition coefficient (Wildman–Crippen LogP) is 3.10. The molecule has 9 heteroatoms. The highest BCUT2D eigenvalue weighted by atomic mass is 16.3. The Hall–Kier alpha value is -4.08. The normalized spacial score (nSPS) is 27.8. The van der Waals surface area contributed by atoms with Crippen molar-refractivity contribution in [3.8, 4) is 16.9 Å². The third-order valence-electron chi connectivity index (χ3n) is 9.09. The monoisotopic (exact) mass is 556 g/mol. The first kappa shape index (κ1) is 27.1. The lowest BCUT2D eigenvalue weighted by Gasteiger charge is -2.48. The number of primary amides is 1. The lowest BCUT2D eigenvalue weighted by Crippen LogP contribution is -2.66. The van der Waals surface area contributed by atoms with Gasteiger partial charge in [-0.05, 0) is 59.9 Å². The van der Waals surface area contributed by atoms with Gasteiger partial charge in [-0.25, -0.2) is 0 Å². The smallest absolute Gasteiger partial charge is 0.230 e. The number of phenolic OH excluding ortho intramolecular Hbond substituents is 1. The van der Waals surface area contributed by atoms with E-state index in [1.165, 1.54) is 0 Å². The molecule has 1 aromatic heterocycles. The standard InChI is InChI=1S/C32H32N2O7/c1-31(2,3)20-12-18(16-8-14-6-4-5-7-21(14)34-13-16)19-10-15-9-17-11-22(35)25(30(33)40)29(39)32(17,41)28(38)23(15)27(37)24(19)26(20)36/h4-8,12-13,15,17,22,25,35-37,41H,9-11H2,1-3H3,(H2,33,40)/t15-,17+,22?,25?,32+/m1/s1. The summed E-state index contributed by atoms with van der Waals surface area (Å²) in [7, 11) is 0. The number of nitrogens with two attached hydrogens (primary N) is 1. The third-order valence-corrected chi connectivity index (χ3v) is 9.09. The van der Waals surface area contributed by atoms with E-state index in [1.54, 1.807) is 6.20 Å². The van der Waals surface area contributed by atoms with E-state index < -0.39 is 58.1 Å². The van der Waals surface area contributed by atoms with Gasteiger partial charge >= 0.3 is 0 Å². The van der Waals surface area contributed by atoms with E-state index in [2.05, 4.69) is 4.98 Å². The van der Waals surface area contributed by atoms with Gasteiger partial charge in [-0.15, -0.1) is 0 Å². The number of aromatic hydroxyl groups is 1. The molecule has 3 aliphatic rings. The quantitative estimate of drug-likeness (QED) is 0.300. The van der Waals surface area contributed by atoms with Gasteiger partial charge in [-0.1, -0.05) is 39.0 Å². The molecule has 3 aliphatic carbocycles. The summed E-state index contributed by atoms with van der Waals surface area (Å²) in [5.41, 5.74) is 5.59. The molecule has 0 spiro atoms. The van der Waals surface area contributed by atoms with Crippen LogP contribution >= 0.6 is 0 Å². The van der Waals surface area contributed by atoms with Gasteiger partial charge in [0, 0.05) is 34.2 Å². The second-order valence-corrected chi connectivity index (χ2v) is 12.6. The highest BCUT2D eigenvalue weighted by molar-refractivity contribution is 6.24. The predicted molar refractivity (Wildman–Crippen MR) is 151 cm³/mol. The van der Waals surface area contributed by atoms with Crippen molar-refractivity contribution >= 4 is 34.1 Å². The summed E-state index contributed by atoms with van der Waals surface area (Å²) < 4.78 is 0. The molecule has 1 heterocycles. The number of aliphatic hydroxyl groups excluding tert-OH is 2. The first-order valence-corrected chi connectivity index (χ1v) is 13.7. The Labute approximate surface area is 236 Å². The van der Waals surface area contributed by atoms with Crippen LogP contribution in [0.25, 0.3) is 27.8 Å². The number of hydrogen-bond donors (Lipinski definition) is 5. The topological polar surface area (TPSA) is 171 Å². The number of hydrogen-bond acceptors (Lipinski definition) is 8. The first-order chi connectivity index (χ1) is 19.2.